The molecule has 1 spiro atoms. The van der Waals surface area contributed by atoms with Gasteiger partial charge < -0.3 is 30.4 Å². The molecule has 37 heavy (non-hydrogen) atoms. The van der Waals surface area contributed by atoms with Gasteiger partial charge in [-0.05, 0) is 49.7 Å². The van der Waals surface area contributed by atoms with E-state index in [2.05, 4.69) is 20.6 Å². The molecule has 0 bridgehead atoms. The number of ether oxygens (including phenoxy) is 1. The maximum Gasteiger partial charge on any atom is 0.290 e. The van der Waals surface area contributed by atoms with Crippen LogP contribution in [0.3, 0.4) is 0 Å². The Bertz CT molecular complexity index is 1290. The molecule has 196 valence electrons. The molecule has 2 aliphatic heterocycles. The van der Waals surface area contributed by atoms with Gasteiger partial charge in [-0.2, -0.15) is 0 Å². The van der Waals surface area contributed by atoms with Crippen LogP contribution in [0, 0.1) is 23.2 Å². The van der Waals surface area contributed by atoms with Gasteiger partial charge in [0.2, 0.25) is 11.8 Å². The monoisotopic (exact) mass is 509 g/mol. The molecule has 3 amide bonds. The molecule has 6 rings (SSSR count). The SMILES string of the molecule is COc1cccc2[nH]c(C(=O)N3C[C@@H]4CCC[C@@H]4[C@H]3C(=O)N[C@H](C(=O)CO)C3C[C@@]34CCNC4=O)nc12. The first-order valence-electron chi connectivity index (χ1n) is 12.9. The molecule has 4 aliphatic rings. The van der Waals surface area contributed by atoms with Gasteiger partial charge in [0.25, 0.3) is 5.91 Å². The molecule has 0 radical (unpaired) electrons. The summed E-state index contributed by atoms with van der Waals surface area (Å²) in [5, 5.41) is 15.3. The molecule has 4 N–H and O–H groups in total. The third kappa shape index (κ3) is 3.70. The number of ketones is 1. The largest absolute Gasteiger partial charge is 0.494 e. The van der Waals surface area contributed by atoms with E-state index >= 15 is 0 Å². The number of rotatable bonds is 7. The van der Waals surface area contributed by atoms with Crippen molar-refractivity contribution in [3.8, 4) is 5.75 Å². The summed E-state index contributed by atoms with van der Waals surface area (Å²) in [6.07, 6.45) is 3.82. The number of imidazole rings is 1. The Morgan fingerprint density at radius 1 is 1.32 bits per heavy atom. The lowest BCUT2D eigenvalue weighted by Gasteiger charge is -2.28. The summed E-state index contributed by atoms with van der Waals surface area (Å²) in [6, 6.07) is 3.66. The zero-order valence-corrected chi connectivity index (χ0v) is 20.7. The average Bonchev–Trinajstić information content (AvgIpc) is 3.33. The first-order valence-corrected chi connectivity index (χ1v) is 12.9. The number of likely N-dealkylation sites (tertiary alicyclic amines) is 1. The molecule has 1 aromatic heterocycles. The van der Waals surface area contributed by atoms with E-state index in [-0.39, 0.29) is 35.4 Å². The van der Waals surface area contributed by atoms with Crippen molar-refractivity contribution in [2.45, 2.75) is 44.2 Å². The summed E-state index contributed by atoms with van der Waals surface area (Å²) in [7, 11) is 1.54. The highest BCUT2D eigenvalue weighted by Crippen LogP contribution is 2.59. The number of nitrogens with zero attached hydrogens (tertiary/aromatic N) is 2. The van der Waals surface area contributed by atoms with Crippen molar-refractivity contribution in [2.24, 2.45) is 23.2 Å². The van der Waals surface area contributed by atoms with Crippen molar-refractivity contribution < 1.29 is 29.0 Å². The van der Waals surface area contributed by atoms with Gasteiger partial charge in [-0.25, -0.2) is 4.98 Å². The molecule has 1 aromatic carbocycles. The van der Waals surface area contributed by atoms with E-state index in [9.17, 15) is 24.3 Å². The van der Waals surface area contributed by atoms with Crippen LogP contribution in [0.4, 0.5) is 0 Å². The highest BCUT2D eigenvalue weighted by molar-refractivity contribution is 6.00. The molecule has 1 unspecified atom stereocenters. The fraction of sp³-hybridized carbons (Fsp3) is 0.577. The van der Waals surface area contributed by atoms with Gasteiger partial charge in [0, 0.05) is 19.0 Å². The average molecular weight is 510 g/mol. The number of methoxy groups -OCH3 is 1. The lowest BCUT2D eigenvalue weighted by molar-refractivity contribution is -0.133. The number of hydrogen-bond acceptors (Lipinski definition) is 7. The zero-order valence-electron chi connectivity index (χ0n) is 20.7. The van der Waals surface area contributed by atoms with Crippen LogP contribution < -0.4 is 15.4 Å². The Morgan fingerprint density at radius 3 is 2.89 bits per heavy atom. The second-order valence-corrected chi connectivity index (χ2v) is 10.8. The van der Waals surface area contributed by atoms with E-state index in [1.807, 2.05) is 0 Å². The lowest BCUT2D eigenvalue weighted by atomic mass is 9.92. The van der Waals surface area contributed by atoms with Gasteiger partial charge in [-0.15, -0.1) is 0 Å². The van der Waals surface area contributed by atoms with Crippen LogP contribution in [0.2, 0.25) is 0 Å². The number of aromatic amines is 1. The molecule has 11 heteroatoms. The Hall–Kier alpha value is -3.47. The van der Waals surface area contributed by atoms with Crippen molar-refractivity contribution in [2.75, 3.05) is 26.8 Å². The Kier molecular flexibility index (Phi) is 5.70. The molecule has 2 saturated carbocycles. The zero-order chi connectivity index (χ0) is 25.9. The highest BCUT2D eigenvalue weighted by Gasteiger charge is 2.65. The summed E-state index contributed by atoms with van der Waals surface area (Å²) in [5.74, 6) is -0.918. The molecule has 2 aliphatic carbocycles. The number of amides is 3. The topological polar surface area (TPSA) is 154 Å². The van der Waals surface area contributed by atoms with Crippen molar-refractivity contribution in [3.63, 3.8) is 0 Å². The molecular weight excluding hydrogens is 478 g/mol. The van der Waals surface area contributed by atoms with Crippen molar-refractivity contribution in [1.82, 2.24) is 25.5 Å². The number of para-hydroxylation sites is 1. The molecule has 6 atom stereocenters. The lowest BCUT2D eigenvalue weighted by Crippen LogP contribution is -2.54. The number of fused-ring (bicyclic) bond motifs is 2. The molecule has 3 heterocycles. The molecule has 4 fully saturated rings. The summed E-state index contributed by atoms with van der Waals surface area (Å²) in [6.45, 7) is 0.254. The molecule has 11 nitrogen and oxygen atoms in total. The number of hydrogen-bond donors (Lipinski definition) is 4. The first-order chi connectivity index (χ1) is 17.9. The summed E-state index contributed by atoms with van der Waals surface area (Å²) >= 11 is 0. The molecular formula is C26H31N5O6. The number of aromatic nitrogens is 2. The van der Waals surface area contributed by atoms with E-state index in [0.29, 0.717) is 42.7 Å². The van der Waals surface area contributed by atoms with Gasteiger partial charge >= 0.3 is 0 Å². The van der Waals surface area contributed by atoms with E-state index in [1.165, 1.54) is 7.11 Å². The summed E-state index contributed by atoms with van der Waals surface area (Å²) in [4.78, 5) is 61.7. The number of aliphatic hydroxyl groups is 1. The quantitative estimate of drug-likeness (QED) is 0.421. The molecule has 2 saturated heterocycles. The van der Waals surface area contributed by atoms with Gasteiger partial charge in [0.1, 0.15) is 23.9 Å². The van der Waals surface area contributed by atoms with Gasteiger partial charge in [-0.3, -0.25) is 19.2 Å². The first kappa shape index (κ1) is 23.9. The second kappa shape index (κ2) is 8.83. The Balaban J connectivity index is 1.27. The maximum absolute atomic E-state index is 13.8. The van der Waals surface area contributed by atoms with E-state index in [0.717, 1.165) is 19.3 Å². The highest BCUT2D eigenvalue weighted by atomic mass is 16.5. The summed E-state index contributed by atoms with van der Waals surface area (Å²) in [5.41, 5.74) is 0.541. The van der Waals surface area contributed by atoms with Crippen LogP contribution in [0.5, 0.6) is 5.75 Å². The fourth-order valence-electron chi connectivity index (χ4n) is 7.01. The third-order valence-corrected chi connectivity index (χ3v) is 8.96. The smallest absolute Gasteiger partial charge is 0.290 e. The standard InChI is InChI=1S/C26H31N5O6/c1-37-18-7-3-6-16-20(18)29-22(28-16)24(35)31-11-13-4-2-5-14(13)21(31)23(34)30-19(17(33)12-32)15-10-26(15)8-9-27-25(26)36/h3,6-7,13-15,19,21,32H,2,4-5,8-12H2,1H3,(H,27,36)(H,28,29)(H,30,34)/t13-,14-,15?,19-,21-,26-/m0/s1. The second-order valence-electron chi connectivity index (χ2n) is 10.8. The number of carbonyl (C=O) groups excluding carboxylic acids is 4. The van der Waals surface area contributed by atoms with E-state index in [4.69, 9.17) is 4.74 Å². The van der Waals surface area contributed by atoms with E-state index < -0.39 is 35.8 Å². The molecule has 2 aromatic rings. The van der Waals surface area contributed by atoms with Crippen LogP contribution >= 0.6 is 0 Å². The Morgan fingerprint density at radius 2 is 2.16 bits per heavy atom. The summed E-state index contributed by atoms with van der Waals surface area (Å²) < 4.78 is 5.37. The number of nitrogens with one attached hydrogen (secondary N) is 3. The number of Topliss-reactive ketones (excluding diaryl/α,β-unsaturated/α-hetero) is 1. The fourth-order valence-corrected chi connectivity index (χ4v) is 7.01. The minimum absolute atomic E-state index is 0.0179. The predicted octanol–water partition coefficient (Wildman–Crippen LogP) is 0.385. The van der Waals surface area contributed by atoms with E-state index in [1.54, 1.807) is 23.1 Å². The van der Waals surface area contributed by atoms with Crippen LogP contribution in [0.25, 0.3) is 11.0 Å². The van der Waals surface area contributed by atoms with Gasteiger partial charge in [0.05, 0.1) is 24.1 Å². The minimum atomic E-state index is -0.964. The number of H-pyrrole nitrogens is 1. The van der Waals surface area contributed by atoms with Crippen LogP contribution in [-0.2, 0) is 14.4 Å². The number of carbonyl (C=O) groups is 4. The Labute approximate surface area is 213 Å². The maximum atomic E-state index is 13.8. The van der Waals surface area contributed by atoms with Crippen molar-refractivity contribution >= 4 is 34.5 Å². The normalized spacial score (nSPS) is 30.9. The van der Waals surface area contributed by atoms with Crippen molar-refractivity contribution in [3.05, 3.63) is 24.0 Å². The van der Waals surface area contributed by atoms with Crippen LogP contribution in [0.1, 0.15) is 42.7 Å². The van der Waals surface area contributed by atoms with Gasteiger partial charge in [0.15, 0.2) is 11.6 Å². The minimum Gasteiger partial charge on any atom is -0.494 e. The number of benzene rings is 1. The third-order valence-electron chi connectivity index (χ3n) is 8.96. The number of aliphatic hydroxyl groups excluding tert-OH is 1. The van der Waals surface area contributed by atoms with Gasteiger partial charge in [-0.1, -0.05) is 12.5 Å². The predicted molar refractivity (Wildman–Crippen MR) is 130 cm³/mol. The van der Waals surface area contributed by atoms with Crippen LogP contribution in [0.15, 0.2) is 18.2 Å². The van der Waals surface area contributed by atoms with Crippen molar-refractivity contribution in [1.29, 1.82) is 0 Å². The van der Waals surface area contributed by atoms with Crippen LogP contribution in [-0.4, -0.2) is 82.4 Å².